The Morgan fingerprint density at radius 3 is 1.72 bits per heavy atom. The van der Waals surface area contributed by atoms with E-state index in [0.29, 0.717) is 5.56 Å². The van der Waals surface area contributed by atoms with Crippen LogP contribution >= 0.6 is 0 Å². The second kappa shape index (κ2) is 10.2. The fraction of sp³-hybridized carbons (Fsp3) is 0. The van der Waals surface area contributed by atoms with E-state index in [1.807, 2.05) is 18.2 Å². The van der Waals surface area contributed by atoms with Crippen molar-refractivity contribution in [1.82, 2.24) is 0 Å². The Morgan fingerprint density at radius 1 is 0.404 bits per heavy atom. The summed E-state index contributed by atoms with van der Waals surface area (Å²) in [7, 11) is 0. The molecule has 0 aliphatic rings. The van der Waals surface area contributed by atoms with E-state index in [9.17, 15) is 0 Å². The lowest BCUT2D eigenvalue weighted by atomic mass is 9.83. The molecule has 0 aliphatic heterocycles. The van der Waals surface area contributed by atoms with E-state index in [-0.39, 0.29) is 29.7 Å². The minimum atomic E-state index is -0.397. The molecule has 0 saturated carbocycles. The number of hydrogen-bond donors (Lipinski definition) is 0. The van der Waals surface area contributed by atoms with Crippen LogP contribution in [0.3, 0.4) is 0 Å². The third-order valence-electron chi connectivity index (χ3n) is 9.53. The Morgan fingerprint density at radius 2 is 0.979 bits per heavy atom. The van der Waals surface area contributed by atoms with Gasteiger partial charge in [-0.2, -0.15) is 0 Å². The van der Waals surface area contributed by atoms with Crippen LogP contribution in [-0.2, 0) is 0 Å². The Hall–Kier alpha value is -6.18. The number of benzene rings is 9. The molecular formula is C46H28O. The van der Waals surface area contributed by atoms with Crippen LogP contribution < -0.4 is 0 Å². The first-order chi connectivity index (χ1) is 25.4. The van der Waals surface area contributed by atoms with Gasteiger partial charge in [-0.1, -0.05) is 152 Å². The predicted molar refractivity (Wildman–Crippen MR) is 200 cm³/mol. The summed E-state index contributed by atoms with van der Waals surface area (Å²) in [5.41, 5.74) is 6.82. The summed E-state index contributed by atoms with van der Waals surface area (Å²) in [6.07, 6.45) is 0. The van der Waals surface area contributed by atoms with Crippen molar-refractivity contribution in [2.75, 3.05) is 0 Å². The maximum atomic E-state index is 8.68. The number of hydrogen-bond acceptors (Lipinski definition) is 1. The van der Waals surface area contributed by atoms with Gasteiger partial charge in [-0.3, -0.25) is 0 Å². The Kier molecular flexibility index (Phi) is 4.66. The topological polar surface area (TPSA) is 13.1 Å². The van der Waals surface area contributed by atoms with Gasteiger partial charge in [-0.05, 0) is 89.3 Å². The molecule has 0 fully saturated rings. The highest BCUT2D eigenvalue weighted by Crippen LogP contribution is 2.48. The van der Waals surface area contributed by atoms with Crippen molar-refractivity contribution in [3.63, 3.8) is 0 Å². The highest BCUT2D eigenvalue weighted by atomic mass is 16.3. The van der Waals surface area contributed by atoms with Gasteiger partial charge < -0.3 is 4.42 Å². The molecule has 0 saturated heterocycles. The summed E-state index contributed by atoms with van der Waals surface area (Å²) in [6, 6.07) is 46.6. The summed E-state index contributed by atoms with van der Waals surface area (Å²) in [6.45, 7) is 0. The first-order valence-corrected chi connectivity index (χ1v) is 15.8. The first-order valence-electron chi connectivity index (χ1n) is 18.3. The highest BCUT2D eigenvalue weighted by molar-refractivity contribution is 6.28. The smallest absolute Gasteiger partial charge is 0.143 e. The zero-order valence-electron chi connectivity index (χ0n) is 30.2. The van der Waals surface area contributed by atoms with Crippen molar-refractivity contribution in [2.24, 2.45) is 0 Å². The largest absolute Gasteiger partial charge is 0.455 e. The van der Waals surface area contributed by atoms with Crippen LogP contribution in [0.4, 0.5) is 0 Å². The van der Waals surface area contributed by atoms with Gasteiger partial charge in [0.1, 0.15) is 11.2 Å². The molecule has 1 aromatic heterocycles. The Balaban J connectivity index is 1.30. The molecule has 0 spiro atoms. The van der Waals surface area contributed by atoms with Crippen molar-refractivity contribution < 1.29 is 11.3 Å². The molecule has 0 amide bonds. The minimum absolute atomic E-state index is 0.195. The molecule has 9 aromatic carbocycles. The van der Waals surface area contributed by atoms with Gasteiger partial charge in [0.05, 0.1) is 6.85 Å². The third kappa shape index (κ3) is 3.90. The van der Waals surface area contributed by atoms with Crippen molar-refractivity contribution >= 4 is 65.0 Å². The second-order valence-corrected chi connectivity index (χ2v) is 12.0. The zero-order valence-corrected chi connectivity index (χ0v) is 25.2. The normalized spacial score (nSPS) is 13.3. The molecule has 10 rings (SSSR count). The molecule has 0 unspecified atom stereocenters. The minimum Gasteiger partial charge on any atom is -0.455 e. The summed E-state index contributed by atoms with van der Waals surface area (Å²) in [5, 5.41) is 10.7. The Labute approximate surface area is 279 Å². The summed E-state index contributed by atoms with van der Waals surface area (Å²) >= 11 is 0. The highest BCUT2D eigenvalue weighted by Gasteiger charge is 2.21. The lowest BCUT2D eigenvalue weighted by Gasteiger charge is -2.19. The van der Waals surface area contributed by atoms with Crippen molar-refractivity contribution in [1.29, 1.82) is 0 Å². The molecule has 0 aliphatic carbocycles. The van der Waals surface area contributed by atoms with Crippen molar-refractivity contribution in [3.8, 4) is 33.4 Å². The van der Waals surface area contributed by atoms with Crippen LogP contribution in [0.1, 0.15) is 6.85 Å². The lowest BCUT2D eigenvalue weighted by molar-refractivity contribution is 0.673. The molecular weight excluding hydrogens is 569 g/mol. The van der Waals surface area contributed by atoms with E-state index in [1.165, 1.54) is 0 Å². The molecule has 218 valence electrons. The molecule has 0 radical (unpaired) electrons. The van der Waals surface area contributed by atoms with Gasteiger partial charge in [0.15, 0.2) is 0 Å². The molecule has 0 N–H and O–H groups in total. The molecule has 1 nitrogen and oxygen atoms in total. The van der Waals surface area contributed by atoms with E-state index in [2.05, 4.69) is 121 Å². The first kappa shape index (κ1) is 21.5. The maximum absolute atomic E-state index is 8.68. The average molecular weight is 602 g/mol. The molecule has 10 aromatic rings. The van der Waals surface area contributed by atoms with E-state index in [4.69, 9.17) is 11.3 Å². The summed E-state index contributed by atoms with van der Waals surface area (Å²) in [5.74, 6) is 0. The molecule has 1 heteroatoms. The zero-order chi connectivity index (χ0) is 35.2. The van der Waals surface area contributed by atoms with Gasteiger partial charge in [-0.15, -0.1) is 0 Å². The maximum Gasteiger partial charge on any atom is 0.143 e. The fourth-order valence-corrected chi connectivity index (χ4v) is 7.51. The van der Waals surface area contributed by atoms with Crippen molar-refractivity contribution in [2.45, 2.75) is 0 Å². The molecule has 47 heavy (non-hydrogen) atoms. The van der Waals surface area contributed by atoms with E-state index in [1.54, 1.807) is 0 Å². The van der Waals surface area contributed by atoms with Gasteiger partial charge in [-0.25, -0.2) is 0 Å². The van der Waals surface area contributed by atoms with Crippen LogP contribution in [0.5, 0.6) is 0 Å². The quantitative estimate of drug-likeness (QED) is 0.184. The molecule has 0 atom stereocenters. The number of furan rings is 1. The number of fused-ring (bicyclic) bond motifs is 8. The van der Waals surface area contributed by atoms with Crippen molar-refractivity contribution in [3.05, 3.63) is 170 Å². The van der Waals surface area contributed by atoms with E-state index in [0.717, 1.165) is 87.3 Å². The van der Waals surface area contributed by atoms with Gasteiger partial charge in [0, 0.05) is 16.2 Å². The standard InChI is InChI=1S/C46H28O/c1-2-12-29(13-3-1)32-25-24-31-15-10-21-38(41(31)28-32)43-34-17-6-8-19-36(34)44(37-20-9-7-18-35(37)43)39-22-11-23-42-45(39)40-27-26-30-14-4-5-16-33(30)46(40)47-42/h1-28H/i1D,2D,3D,12D,13D. The third-order valence-corrected chi connectivity index (χ3v) is 9.53. The van der Waals surface area contributed by atoms with Gasteiger partial charge >= 0.3 is 0 Å². The van der Waals surface area contributed by atoms with E-state index >= 15 is 0 Å². The van der Waals surface area contributed by atoms with Gasteiger partial charge in [0.25, 0.3) is 0 Å². The second-order valence-electron chi connectivity index (χ2n) is 12.0. The lowest BCUT2D eigenvalue weighted by Crippen LogP contribution is -1.92. The van der Waals surface area contributed by atoms with Crippen LogP contribution in [-0.4, -0.2) is 0 Å². The fourth-order valence-electron chi connectivity index (χ4n) is 7.51. The van der Waals surface area contributed by atoms with E-state index < -0.39 is 6.04 Å². The monoisotopic (exact) mass is 601 g/mol. The summed E-state index contributed by atoms with van der Waals surface area (Å²) < 4.78 is 48.7. The predicted octanol–water partition coefficient (Wildman–Crippen LogP) is 13.2. The number of rotatable bonds is 3. The van der Waals surface area contributed by atoms with Crippen LogP contribution in [0, 0.1) is 0 Å². The average Bonchev–Trinajstić information content (AvgIpc) is 3.58. The SMILES string of the molecule is [2H]c1c([2H])c([2H])c(-c2ccc3cccc(-c4c5ccccc5c(-c5cccc6oc7c8ccccc8ccc7c56)c5ccccc45)c3c2)c([2H])c1[2H]. The van der Waals surface area contributed by atoms with Gasteiger partial charge in [0.2, 0.25) is 0 Å². The summed E-state index contributed by atoms with van der Waals surface area (Å²) in [4.78, 5) is 0. The molecule has 0 bridgehead atoms. The van der Waals surface area contributed by atoms with Crippen LogP contribution in [0.25, 0.3) is 98.4 Å². The van der Waals surface area contributed by atoms with Crippen LogP contribution in [0.15, 0.2) is 174 Å². The van der Waals surface area contributed by atoms with Crippen LogP contribution in [0.2, 0.25) is 0 Å². The molecule has 1 heterocycles. The Bertz CT molecular complexity index is 3050.